The summed E-state index contributed by atoms with van der Waals surface area (Å²) in [6.45, 7) is 0. The first-order valence-electron chi connectivity index (χ1n) is 3.74. The van der Waals surface area contributed by atoms with Crippen molar-refractivity contribution in [2.75, 3.05) is 7.11 Å². The first-order chi connectivity index (χ1) is 7.13. The van der Waals surface area contributed by atoms with Crippen LogP contribution < -0.4 is 5.43 Å². The smallest absolute Gasteiger partial charge is 0.433 e. The molecule has 0 aliphatic carbocycles. The van der Waals surface area contributed by atoms with Crippen molar-refractivity contribution in [2.45, 2.75) is 0 Å². The normalized spacial score (nSPS) is 10.2. The molecule has 1 amide bonds. The molecular formula is C7H7N3O5. The van der Waals surface area contributed by atoms with Crippen LogP contribution in [0.2, 0.25) is 0 Å². The Hall–Kier alpha value is -2.38. The maximum absolute atomic E-state index is 10.5. The first-order valence-corrected chi connectivity index (χ1v) is 3.74. The van der Waals surface area contributed by atoms with Crippen LogP contribution in [-0.4, -0.2) is 24.3 Å². The number of carbonyl (C=O) groups is 1. The van der Waals surface area contributed by atoms with E-state index in [0.29, 0.717) is 0 Å². The van der Waals surface area contributed by atoms with Crippen LogP contribution in [0.3, 0.4) is 0 Å². The summed E-state index contributed by atoms with van der Waals surface area (Å²) in [5.74, 6) is -0.243. The molecule has 80 valence electrons. The largest absolute Gasteiger partial charge is 0.452 e. The number of carbonyl (C=O) groups excluding carboxylic acids is 1. The third kappa shape index (κ3) is 3.10. The van der Waals surface area contributed by atoms with Gasteiger partial charge < -0.3 is 9.15 Å². The van der Waals surface area contributed by atoms with Crippen LogP contribution >= 0.6 is 0 Å². The summed E-state index contributed by atoms with van der Waals surface area (Å²) in [7, 11) is 1.18. The highest BCUT2D eigenvalue weighted by molar-refractivity contribution is 5.77. The number of methoxy groups -OCH3 is 1. The molecule has 0 atom stereocenters. The fourth-order valence-corrected chi connectivity index (χ4v) is 0.704. The van der Waals surface area contributed by atoms with Crippen molar-refractivity contribution in [3.05, 3.63) is 28.0 Å². The summed E-state index contributed by atoms with van der Waals surface area (Å²) in [6.07, 6.45) is 0.372. The fourth-order valence-electron chi connectivity index (χ4n) is 0.704. The van der Waals surface area contributed by atoms with Crippen LogP contribution in [-0.2, 0) is 4.74 Å². The summed E-state index contributed by atoms with van der Waals surface area (Å²) in [6, 6.07) is 2.53. The van der Waals surface area contributed by atoms with Crippen molar-refractivity contribution in [2.24, 2.45) is 5.10 Å². The van der Waals surface area contributed by atoms with Gasteiger partial charge in [-0.3, -0.25) is 10.1 Å². The first kappa shape index (κ1) is 10.7. The van der Waals surface area contributed by atoms with E-state index < -0.39 is 16.9 Å². The van der Waals surface area contributed by atoms with Gasteiger partial charge in [0.05, 0.1) is 19.4 Å². The average molecular weight is 213 g/mol. The van der Waals surface area contributed by atoms with Gasteiger partial charge in [-0.15, -0.1) is 0 Å². The van der Waals surface area contributed by atoms with E-state index >= 15 is 0 Å². The van der Waals surface area contributed by atoms with Crippen molar-refractivity contribution < 1.29 is 18.9 Å². The summed E-state index contributed by atoms with van der Waals surface area (Å²) in [5, 5.41) is 13.6. The molecule has 0 fully saturated rings. The molecule has 0 unspecified atom stereocenters. The van der Waals surface area contributed by atoms with Crippen molar-refractivity contribution in [3.63, 3.8) is 0 Å². The lowest BCUT2D eigenvalue weighted by atomic mass is 10.5. The number of amides is 1. The van der Waals surface area contributed by atoms with Gasteiger partial charge in [-0.25, -0.2) is 10.2 Å². The Balaban J connectivity index is 2.57. The van der Waals surface area contributed by atoms with Crippen LogP contribution in [0.15, 0.2) is 21.7 Å². The number of furan rings is 1. The van der Waals surface area contributed by atoms with Crippen LogP contribution in [0.4, 0.5) is 10.7 Å². The standard InChI is InChI=1S/C7H7N3O5/c1-14-7(11)9-8-4-5-2-3-6(15-5)10(12)13/h2-4H,1H3,(H,9,11)/b8-4+. The number of hydrogen-bond donors (Lipinski definition) is 1. The van der Waals surface area contributed by atoms with Gasteiger partial charge >= 0.3 is 12.0 Å². The minimum absolute atomic E-state index is 0.151. The Bertz CT molecular complexity index is 397. The molecule has 8 heteroatoms. The van der Waals surface area contributed by atoms with Crippen molar-refractivity contribution >= 4 is 18.2 Å². The Morgan fingerprint density at radius 2 is 2.47 bits per heavy atom. The Morgan fingerprint density at radius 1 is 1.73 bits per heavy atom. The zero-order valence-electron chi connectivity index (χ0n) is 7.67. The average Bonchev–Trinajstić information content (AvgIpc) is 2.66. The summed E-state index contributed by atoms with van der Waals surface area (Å²) in [5.41, 5.74) is 2.00. The summed E-state index contributed by atoms with van der Waals surface area (Å²) in [4.78, 5) is 20.1. The molecule has 0 aliphatic heterocycles. The van der Waals surface area contributed by atoms with Crippen LogP contribution in [0.1, 0.15) is 5.76 Å². The second-order valence-corrected chi connectivity index (χ2v) is 2.29. The van der Waals surface area contributed by atoms with E-state index in [1.165, 1.54) is 19.2 Å². The lowest BCUT2D eigenvalue weighted by Gasteiger charge is -1.93. The third-order valence-corrected chi connectivity index (χ3v) is 1.33. The molecule has 0 saturated heterocycles. The molecule has 0 aromatic carbocycles. The number of rotatable bonds is 3. The molecule has 1 aromatic rings. The topological polar surface area (TPSA) is 107 Å². The Kier molecular flexibility index (Phi) is 3.38. The molecule has 0 saturated carbocycles. The summed E-state index contributed by atoms with van der Waals surface area (Å²) >= 11 is 0. The molecule has 1 aromatic heterocycles. The Labute approximate surface area is 83.7 Å². The SMILES string of the molecule is COC(=O)N/N=C/c1ccc([N+](=O)[O-])o1. The van der Waals surface area contributed by atoms with Gasteiger partial charge in [-0.05, 0) is 6.07 Å². The molecule has 0 radical (unpaired) electrons. The second-order valence-electron chi connectivity index (χ2n) is 2.29. The third-order valence-electron chi connectivity index (χ3n) is 1.33. The van der Waals surface area contributed by atoms with Gasteiger partial charge in [0.1, 0.15) is 4.92 Å². The van der Waals surface area contributed by atoms with Gasteiger partial charge in [0.15, 0.2) is 5.76 Å². The second kappa shape index (κ2) is 4.74. The highest BCUT2D eigenvalue weighted by Crippen LogP contribution is 2.13. The molecule has 8 nitrogen and oxygen atoms in total. The van der Waals surface area contributed by atoms with E-state index in [0.717, 1.165) is 6.21 Å². The summed E-state index contributed by atoms with van der Waals surface area (Å²) < 4.78 is 8.95. The van der Waals surface area contributed by atoms with E-state index in [2.05, 4.69) is 9.84 Å². The number of nitrogens with zero attached hydrogens (tertiary/aromatic N) is 2. The van der Waals surface area contributed by atoms with Crippen molar-refractivity contribution in [1.82, 2.24) is 5.43 Å². The molecule has 15 heavy (non-hydrogen) atoms. The minimum atomic E-state index is -0.743. The van der Waals surface area contributed by atoms with Gasteiger partial charge in [-0.1, -0.05) is 0 Å². The predicted octanol–water partition coefficient (Wildman–Crippen LogP) is 0.878. The number of hydrogen-bond acceptors (Lipinski definition) is 6. The number of hydrazone groups is 1. The van der Waals surface area contributed by atoms with Gasteiger partial charge in [0.2, 0.25) is 0 Å². The maximum atomic E-state index is 10.5. The number of nitrogens with one attached hydrogen (secondary N) is 1. The zero-order valence-corrected chi connectivity index (χ0v) is 7.67. The monoisotopic (exact) mass is 213 g/mol. The molecule has 0 bridgehead atoms. The van der Waals surface area contributed by atoms with E-state index in [1.807, 2.05) is 5.43 Å². The molecule has 1 rings (SSSR count). The quantitative estimate of drug-likeness (QED) is 0.455. The molecule has 0 aliphatic rings. The lowest BCUT2D eigenvalue weighted by Crippen LogP contribution is -2.16. The molecular weight excluding hydrogens is 206 g/mol. The highest BCUT2D eigenvalue weighted by Gasteiger charge is 2.10. The maximum Gasteiger partial charge on any atom is 0.433 e. The van der Waals surface area contributed by atoms with Crippen molar-refractivity contribution in [1.29, 1.82) is 0 Å². The number of ether oxygens (including phenoxy) is 1. The van der Waals surface area contributed by atoms with Crippen LogP contribution in [0.25, 0.3) is 0 Å². The van der Waals surface area contributed by atoms with E-state index in [4.69, 9.17) is 4.42 Å². The van der Waals surface area contributed by atoms with Gasteiger partial charge in [-0.2, -0.15) is 5.10 Å². The fraction of sp³-hybridized carbons (Fsp3) is 0.143. The highest BCUT2D eigenvalue weighted by atomic mass is 16.6. The van der Waals surface area contributed by atoms with Crippen LogP contribution in [0, 0.1) is 10.1 Å². The minimum Gasteiger partial charge on any atom is -0.452 e. The van der Waals surface area contributed by atoms with Gasteiger partial charge in [0.25, 0.3) is 0 Å². The van der Waals surface area contributed by atoms with Gasteiger partial charge in [0, 0.05) is 0 Å². The van der Waals surface area contributed by atoms with E-state index in [-0.39, 0.29) is 5.76 Å². The van der Waals surface area contributed by atoms with E-state index in [9.17, 15) is 14.9 Å². The van der Waals surface area contributed by atoms with E-state index in [1.54, 1.807) is 0 Å². The molecule has 1 heterocycles. The Morgan fingerprint density at radius 3 is 3.00 bits per heavy atom. The zero-order chi connectivity index (χ0) is 11.3. The van der Waals surface area contributed by atoms with Crippen LogP contribution in [0.5, 0.6) is 0 Å². The lowest BCUT2D eigenvalue weighted by molar-refractivity contribution is -0.402. The molecule has 1 N–H and O–H groups in total. The van der Waals surface area contributed by atoms with Crippen molar-refractivity contribution in [3.8, 4) is 0 Å². The predicted molar refractivity (Wildman–Crippen MR) is 48.5 cm³/mol. The number of nitro groups is 1. The molecule has 0 spiro atoms.